The Kier molecular flexibility index (Phi) is 4.39. The summed E-state index contributed by atoms with van der Waals surface area (Å²) in [7, 11) is 0. The van der Waals surface area contributed by atoms with Crippen molar-refractivity contribution in [3.05, 3.63) is 58.9 Å². The van der Waals surface area contributed by atoms with E-state index in [0.29, 0.717) is 10.7 Å². The molecule has 0 radical (unpaired) electrons. The molecule has 0 unspecified atom stereocenters. The number of anilines is 2. The number of carboxylic acids is 1. The summed E-state index contributed by atoms with van der Waals surface area (Å²) in [6.45, 7) is 0. The van der Waals surface area contributed by atoms with Crippen LogP contribution in [0.15, 0.2) is 42.5 Å². The van der Waals surface area contributed by atoms with Crippen molar-refractivity contribution < 1.29 is 19.1 Å². The first-order chi connectivity index (χ1) is 9.95. The molecule has 0 aliphatic rings. The second-order valence-electron chi connectivity index (χ2n) is 4.09. The molecule has 7 heteroatoms. The van der Waals surface area contributed by atoms with Gasteiger partial charge in [-0.3, -0.25) is 0 Å². The van der Waals surface area contributed by atoms with Crippen LogP contribution in [-0.2, 0) is 0 Å². The fourth-order valence-electron chi connectivity index (χ4n) is 1.60. The minimum absolute atomic E-state index is 0.125. The summed E-state index contributed by atoms with van der Waals surface area (Å²) in [5.74, 6) is -2.08. The molecular formula is C14H10ClFN2O3. The molecule has 2 aromatic rings. The third kappa shape index (κ3) is 3.93. The van der Waals surface area contributed by atoms with Gasteiger partial charge in [0.05, 0.1) is 11.3 Å². The molecule has 0 bridgehead atoms. The molecule has 2 aromatic carbocycles. The lowest BCUT2D eigenvalue weighted by Gasteiger charge is -2.09. The van der Waals surface area contributed by atoms with Gasteiger partial charge >= 0.3 is 12.0 Å². The van der Waals surface area contributed by atoms with Crippen molar-refractivity contribution >= 4 is 35.0 Å². The van der Waals surface area contributed by atoms with Crippen molar-refractivity contribution in [1.82, 2.24) is 0 Å². The highest BCUT2D eigenvalue weighted by atomic mass is 35.5. The van der Waals surface area contributed by atoms with Crippen molar-refractivity contribution in [2.45, 2.75) is 0 Å². The molecule has 0 aromatic heterocycles. The van der Waals surface area contributed by atoms with E-state index < -0.39 is 17.8 Å². The van der Waals surface area contributed by atoms with Gasteiger partial charge in [0.2, 0.25) is 0 Å². The highest BCUT2D eigenvalue weighted by molar-refractivity contribution is 6.30. The number of carbonyl (C=O) groups excluding carboxylic acids is 1. The van der Waals surface area contributed by atoms with E-state index >= 15 is 0 Å². The average Bonchev–Trinajstić information content (AvgIpc) is 2.40. The third-order valence-electron chi connectivity index (χ3n) is 2.55. The second kappa shape index (κ2) is 6.23. The predicted molar refractivity (Wildman–Crippen MR) is 77.5 cm³/mol. The summed E-state index contributed by atoms with van der Waals surface area (Å²) < 4.78 is 13.6. The summed E-state index contributed by atoms with van der Waals surface area (Å²) in [5, 5.41) is 13.9. The Bertz CT molecular complexity index is 706. The summed E-state index contributed by atoms with van der Waals surface area (Å²) in [6.07, 6.45) is 0. The van der Waals surface area contributed by atoms with E-state index in [1.165, 1.54) is 18.2 Å². The van der Waals surface area contributed by atoms with Gasteiger partial charge in [-0.25, -0.2) is 14.0 Å². The zero-order valence-electron chi connectivity index (χ0n) is 10.6. The van der Waals surface area contributed by atoms with E-state index in [0.717, 1.165) is 6.07 Å². The second-order valence-corrected chi connectivity index (χ2v) is 4.53. The average molecular weight is 309 g/mol. The molecule has 0 aliphatic carbocycles. The van der Waals surface area contributed by atoms with Crippen LogP contribution in [0.3, 0.4) is 0 Å². The van der Waals surface area contributed by atoms with Crippen molar-refractivity contribution in [1.29, 1.82) is 0 Å². The highest BCUT2D eigenvalue weighted by Crippen LogP contribution is 2.18. The molecule has 0 fully saturated rings. The Morgan fingerprint density at radius 3 is 2.48 bits per heavy atom. The number of aromatic carboxylic acids is 1. The fourth-order valence-corrected chi connectivity index (χ4v) is 1.79. The maximum atomic E-state index is 13.6. The number of nitrogens with one attached hydrogen (secondary N) is 2. The molecule has 0 aliphatic heterocycles. The number of halogens is 2. The number of carboxylic acid groups (broad SMARTS) is 1. The highest BCUT2D eigenvalue weighted by Gasteiger charge is 2.10. The smallest absolute Gasteiger partial charge is 0.335 e. The zero-order valence-corrected chi connectivity index (χ0v) is 11.3. The Balaban J connectivity index is 2.08. The van der Waals surface area contributed by atoms with Gasteiger partial charge in [-0.05, 0) is 36.4 Å². The van der Waals surface area contributed by atoms with Gasteiger partial charge in [-0.1, -0.05) is 17.7 Å². The molecule has 0 atom stereocenters. The Morgan fingerprint density at radius 2 is 1.86 bits per heavy atom. The first-order valence-electron chi connectivity index (χ1n) is 5.82. The van der Waals surface area contributed by atoms with Crippen molar-refractivity contribution in [2.75, 3.05) is 10.6 Å². The molecular weight excluding hydrogens is 299 g/mol. The molecule has 2 rings (SSSR count). The van der Waals surface area contributed by atoms with Crippen molar-refractivity contribution in [3.63, 3.8) is 0 Å². The number of amides is 2. The van der Waals surface area contributed by atoms with Gasteiger partial charge in [0.25, 0.3) is 0 Å². The summed E-state index contributed by atoms with van der Waals surface area (Å²) in [6, 6.07) is 8.99. The molecule has 0 saturated heterocycles. The van der Waals surface area contributed by atoms with Gasteiger partial charge < -0.3 is 15.7 Å². The lowest BCUT2D eigenvalue weighted by Crippen LogP contribution is -2.20. The lowest BCUT2D eigenvalue weighted by atomic mass is 10.2. The minimum atomic E-state index is -1.25. The van der Waals surface area contributed by atoms with Crippen LogP contribution in [0, 0.1) is 5.82 Å². The molecule has 0 saturated carbocycles. The van der Waals surface area contributed by atoms with E-state index in [9.17, 15) is 14.0 Å². The normalized spacial score (nSPS) is 10.0. The molecule has 5 nitrogen and oxygen atoms in total. The molecule has 108 valence electrons. The number of rotatable bonds is 3. The van der Waals surface area contributed by atoms with Crippen LogP contribution in [0.25, 0.3) is 0 Å². The summed E-state index contributed by atoms with van der Waals surface area (Å²) in [4.78, 5) is 22.4. The van der Waals surface area contributed by atoms with Gasteiger partial charge in [0.15, 0.2) is 0 Å². The maximum absolute atomic E-state index is 13.6. The topological polar surface area (TPSA) is 78.4 Å². The molecule has 0 spiro atoms. The van der Waals surface area contributed by atoms with Crippen LogP contribution in [0.4, 0.5) is 20.6 Å². The number of benzene rings is 2. The SMILES string of the molecule is O=C(Nc1cccc(Cl)c1)Nc1ccc(C(=O)O)cc1F. The van der Waals surface area contributed by atoms with E-state index in [1.807, 2.05) is 0 Å². The van der Waals surface area contributed by atoms with E-state index in [-0.39, 0.29) is 11.3 Å². The lowest BCUT2D eigenvalue weighted by molar-refractivity contribution is 0.0696. The van der Waals surface area contributed by atoms with Gasteiger partial charge in [-0.2, -0.15) is 0 Å². The Labute approximate surface area is 124 Å². The van der Waals surface area contributed by atoms with E-state index in [4.69, 9.17) is 16.7 Å². The van der Waals surface area contributed by atoms with Crippen LogP contribution in [0.5, 0.6) is 0 Å². The number of carbonyl (C=O) groups is 2. The van der Waals surface area contributed by atoms with Gasteiger partial charge in [0, 0.05) is 10.7 Å². The Hall–Kier alpha value is -2.60. The van der Waals surface area contributed by atoms with Gasteiger partial charge in [0.1, 0.15) is 5.82 Å². The number of hydrogen-bond donors (Lipinski definition) is 3. The number of urea groups is 1. The molecule has 21 heavy (non-hydrogen) atoms. The van der Waals surface area contributed by atoms with Crippen LogP contribution in [0.1, 0.15) is 10.4 Å². The van der Waals surface area contributed by atoms with Gasteiger partial charge in [-0.15, -0.1) is 0 Å². The number of hydrogen-bond acceptors (Lipinski definition) is 2. The van der Waals surface area contributed by atoms with E-state index in [2.05, 4.69) is 10.6 Å². The predicted octanol–water partition coefficient (Wildman–Crippen LogP) is 3.82. The minimum Gasteiger partial charge on any atom is -0.478 e. The molecule has 2 amide bonds. The summed E-state index contributed by atoms with van der Waals surface area (Å²) in [5.41, 5.74) is 0.121. The maximum Gasteiger partial charge on any atom is 0.335 e. The van der Waals surface area contributed by atoms with Crippen LogP contribution >= 0.6 is 11.6 Å². The summed E-state index contributed by atoms with van der Waals surface area (Å²) >= 11 is 5.77. The fraction of sp³-hybridized carbons (Fsp3) is 0. The van der Waals surface area contributed by atoms with Crippen molar-refractivity contribution in [3.8, 4) is 0 Å². The largest absolute Gasteiger partial charge is 0.478 e. The monoisotopic (exact) mass is 308 g/mol. The molecule has 0 heterocycles. The van der Waals surface area contributed by atoms with Crippen LogP contribution in [0.2, 0.25) is 5.02 Å². The quantitative estimate of drug-likeness (QED) is 0.806. The third-order valence-corrected chi connectivity index (χ3v) is 2.78. The zero-order chi connectivity index (χ0) is 15.4. The first kappa shape index (κ1) is 14.8. The van der Waals surface area contributed by atoms with E-state index in [1.54, 1.807) is 18.2 Å². The first-order valence-corrected chi connectivity index (χ1v) is 6.20. The van der Waals surface area contributed by atoms with Crippen LogP contribution in [-0.4, -0.2) is 17.1 Å². The molecule has 3 N–H and O–H groups in total. The van der Waals surface area contributed by atoms with Crippen molar-refractivity contribution in [2.24, 2.45) is 0 Å². The Morgan fingerprint density at radius 1 is 1.10 bits per heavy atom. The standard InChI is InChI=1S/C14H10ClFN2O3/c15-9-2-1-3-10(7-9)17-14(21)18-12-5-4-8(13(19)20)6-11(12)16/h1-7H,(H,19,20)(H2,17,18,21). The van der Waals surface area contributed by atoms with Crippen LogP contribution < -0.4 is 10.6 Å².